The van der Waals surface area contributed by atoms with Crippen molar-refractivity contribution in [3.05, 3.63) is 0 Å². The first-order valence-electron chi connectivity index (χ1n) is 5.25. The smallest absolute Gasteiger partial charge is 0.0267 e. The molecule has 64 valence electrons. The van der Waals surface area contributed by atoms with Gasteiger partial charge in [-0.1, -0.05) is 26.7 Å². The summed E-state index contributed by atoms with van der Waals surface area (Å²) in [5.41, 5.74) is 0.855. The van der Waals surface area contributed by atoms with E-state index in [0.717, 1.165) is 17.3 Å². The summed E-state index contributed by atoms with van der Waals surface area (Å²) in [5.74, 6) is 2.02. The molecule has 0 aliphatic heterocycles. The van der Waals surface area contributed by atoms with Crippen LogP contribution in [0.5, 0.6) is 0 Å². The Kier molecular flexibility index (Phi) is 1.74. The topological polar surface area (TPSA) is 0 Å². The van der Waals surface area contributed by atoms with Crippen molar-refractivity contribution >= 4 is 0 Å². The molecule has 2 aliphatic carbocycles. The first kappa shape index (κ1) is 7.64. The lowest BCUT2D eigenvalue weighted by atomic mass is 9.60. The highest BCUT2D eigenvalue weighted by Gasteiger charge is 2.47. The molecule has 0 N–H and O–H groups in total. The van der Waals surface area contributed by atoms with Crippen LogP contribution in [-0.2, 0) is 0 Å². The van der Waals surface area contributed by atoms with Gasteiger partial charge in [0, 0.05) is 0 Å². The Bertz CT molecular complexity index is 142. The van der Waals surface area contributed by atoms with Crippen LogP contribution < -0.4 is 0 Å². The van der Waals surface area contributed by atoms with E-state index >= 15 is 0 Å². The van der Waals surface area contributed by atoms with Gasteiger partial charge in [0.15, 0.2) is 0 Å². The number of hydrogen-bond acceptors (Lipinski definition) is 0. The lowest BCUT2D eigenvalue weighted by Crippen LogP contribution is -2.35. The Morgan fingerprint density at radius 2 is 1.73 bits per heavy atom. The lowest BCUT2D eigenvalue weighted by Gasteiger charge is -2.45. The monoisotopic (exact) mass is 152 g/mol. The average Bonchev–Trinajstić information content (AvgIpc) is 2.27. The molecule has 2 aliphatic rings. The fourth-order valence-corrected chi connectivity index (χ4v) is 3.46. The summed E-state index contributed by atoms with van der Waals surface area (Å²) in [6, 6.07) is 0. The molecule has 0 radical (unpaired) electrons. The third kappa shape index (κ3) is 1.02. The molecule has 11 heavy (non-hydrogen) atoms. The van der Waals surface area contributed by atoms with Crippen LogP contribution in [0.15, 0.2) is 0 Å². The number of rotatable bonds is 1. The van der Waals surface area contributed by atoms with E-state index in [-0.39, 0.29) is 0 Å². The normalized spacial score (nSPS) is 34.6. The van der Waals surface area contributed by atoms with Crippen molar-refractivity contribution in [1.82, 2.24) is 0 Å². The number of hydrogen-bond donors (Lipinski definition) is 0. The minimum absolute atomic E-state index is 0.855. The summed E-state index contributed by atoms with van der Waals surface area (Å²) in [6.07, 6.45) is 9.21. The van der Waals surface area contributed by atoms with E-state index in [1.165, 1.54) is 19.3 Å². The molecule has 2 fully saturated rings. The molecule has 2 saturated carbocycles. The predicted molar refractivity (Wildman–Crippen MR) is 48.5 cm³/mol. The van der Waals surface area contributed by atoms with Crippen LogP contribution in [0.25, 0.3) is 0 Å². The molecular weight excluding hydrogens is 132 g/mol. The standard InChI is InChI=1S/C11H20/c1-9(2)10-5-3-6-11(10)7-4-8-11/h9-10H,3-8H2,1-2H3. The fraction of sp³-hybridized carbons (Fsp3) is 1.00. The summed E-state index contributed by atoms with van der Waals surface area (Å²) in [4.78, 5) is 0. The van der Waals surface area contributed by atoms with Crippen molar-refractivity contribution in [3.63, 3.8) is 0 Å². The van der Waals surface area contributed by atoms with Gasteiger partial charge in [0.05, 0.1) is 0 Å². The molecule has 0 aromatic heterocycles. The molecule has 0 heterocycles. The highest BCUT2D eigenvalue weighted by atomic mass is 14.5. The van der Waals surface area contributed by atoms with Gasteiger partial charge < -0.3 is 0 Å². The van der Waals surface area contributed by atoms with Crippen molar-refractivity contribution in [2.75, 3.05) is 0 Å². The van der Waals surface area contributed by atoms with Crippen LogP contribution in [0.1, 0.15) is 52.4 Å². The Morgan fingerprint density at radius 3 is 2.09 bits per heavy atom. The summed E-state index contributed by atoms with van der Waals surface area (Å²) in [5, 5.41) is 0. The van der Waals surface area contributed by atoms with Crippen molar-refractivity contribution in [2.45, 2.75) is 52.4 Å². The van der Waals surface area contributed by atoms with Crippen molar-refractivity contribution < 1.29 is 0 Å². The van der Waals surface area contributed by atoms with E-state index in [4.69, 9.17) is 0 Å². The maximum atomic E-state index is 2.41. The molecule has 1 unspecified atom stereocenters. The molecular formula is C11H20. The van der Waals surface area contributed by atoms with Crippen LogP contribution in [-0.4, -0.2) is 0 Å². The summed E-state index contributed by atoms with van der Waals surface area (Å²) >= 11 is 0. The van der Waals surface area contributed by atoms with E-state index in [0.29, 0.717) is 0 Å². The highest BCUT2D eigenvalue weighted by molar-refractivity contribution is 4.98. The van der Waals surface area contributed by atoms with E-state index in [2.05, 4.69) is 13.8 Å². The van der Waals surface area contributed by atoms with Gasteiger partial charge in [-0.15, -0.1) is 0 Å². The fourth-order valence-electron chi connectivity index (χ4n) is 3.46. The van der Waals surface area contributed by atoms with Gasteiger partial charge in [0.2, 0.25) is 0 Å². The minimum atomic E-state index is 0.855. The summed E-state index contributed by atoms with van der Waals surface area (Å²) in [7, 11) is 0. The van der Waals surface area contributed by atoms with Gasteiger partial charge in [0.1, 0.15) is 0 Å². The van der Waals surface area contributed by atoms with Crippen molar-refractivity contribution in [3.8, 4) is 0 Å². The molecule has 1 atom stereocenters. The lowest BCUT2D eigenvalue weighted by molar-refractivity contribution is 0.0513. The van der Waals surface area contributed by atoms with E-state index in [9.17, 15) is 0 Å². The summed E-state index contributed by atoms with van der Waals surface area (Å²) < 4.78 is 0. The van der Waals surface area contributed by atoms with E-state index < -0.39 is 0 Å². The second-order valence-electron chi connectivity index (χ2n) is 4.96. The summed E-state index contributed by atoms with van der Waals surface area (Å²) in [6.45, 7) is 4.83. The third-order valence-electron chi connectivity index (χ3n) is 4.13. The Morgan fingerprint density at radius 1 is 1.09 bits per heavy atom. The molecule has 0 amide bonds. The first-order chi connectivity index (χ1) is 5.25. The minimum Gasteiger partial charge on any atom is -0.0625 e. The molecule has 0 saturated heterocycles. The quantitative estimate of drug-likeness (QED) is 0.538. The van der Waals surface area contributed by atoms with Gasteiger partial charge in [-0.2, -0.15) is 0 Å². The Balaban J connectivity index is 2.07. The molecule has 2 rings (SSSR count). The van der Waals surface area contributed by atoms with E-state index in [1.54, 1.807) is 19.3 Å². The van der Waals surface area contributed by atoms with Gasteiger partial charge in [0.25, 0.3) is 0 Å². The molecule has 0 aromatic rings. The zero-order valence-electron chi connectivity index (χ0n) is 7.90. The van der Waals surface area contributed by atoms with Crippen LogP contribution in [0.2, 0.25) is 0 Å². The van der Waals surface area contributed by atoms with Crippen LogP contribution in [0.3, 0.4) is 0 Å². The highest BCUT2D eigenvalue weighted by Crippen LogP contribution is 2.58. The van der Waals surface area contributed by atoms with E-state index in [1.807, 2.05) is 0 Å². The Labute approximate surface area is 70.4 Å². The van der Waals surface area contributed by atoms with Gasteiger partial charge in [-0.25, -0.2) is 0 Å². The zero-order chi connectivity index (χ0) is 7.90. The van der Waals surface area contributed by atoms with Gasteiger partial charge in [-0.3, -0.25) is 0 Å². The second-order valence-corrected chi connectivity index (χ2v) is 4.96. The first-order valence-corrected chi connectivity index (χ1v) is 5.25. The predicted octanol–water partition coefficient (Wildman–Crippen LogP) is 3.61. The van der Waals surface area contributed by atoms with Crippen molar-refractivity contribution in [1.29, 1.82) is 0 Å². The Hall–Kier alpha value is 0. The third-order valence-corrected chi connectivity index (χ3v) is 4.13. The SMILES string of the molecule is CC(C)C1CCCC12CCC2. The van der Waals surface area contributed by atoms with Gasteiger partial charge in [-0.05, 0) is 42.9 Å². The maximum absolute atomic E-state index is 2.41. The maximum Gasteiger partial charge on any atom is -0.0267 e. The largest absolute Gasteiger partial charge is 0.0625 e. The van der Waals surface area contributed by atoms with Crippen LogP contribution in [0.4, 0.5) is 0 Å². The molecule has 0 nitrogen and oxygen atoms in total. The zero-order valence-corrected chi connectivity index (χ0v) is 7.90. The van der Waals surface area contributed by atoms with Crippen LogP contribution in [0, 0.1) is 17.3 Å². The van der Waals surface area contributed by atoms with Crippen molar-refractivity contribution in [2.24, 2.45) is 17.3 Å². The van der Waals surface area contributed by atoms with Gasteiger partial charge >= 0.3 is 0 Å². The molecule has 0 bridgehead atoms. The second kappa shape index (κ2) is 2.50. The average molecular weight is 152 g/mol. The molecule has 0 heteroatoms. The van der Waals surface area contributed by atoms with Crippen LogP contribution >= 0.6 is 0 Å². The molecule has 0 aromatic carbocycles. The molecule has 1 spiro atoms.